The van der Waals surface area contributed by atoms with Crippen LogP contribution in [0.1, 0.15) is 30.6 Å². The predicted molar refractivity (Wildman–Crippen MR) is 76.4 cm³/mol. The summed E-state index contributed by atoms with van der Waals surface area (Å²) in [7, 11) is 1.30. The minimum absolute atomic E-state index is 0.0299. The van der Waals surface area contributed by atoms with E-state index >= 15 is 0 Å². The van der Waals surface area contributed by atoms with Crippen LogP contribution in [-0.4, -0.2) is 41.8 Å². The van der Waals surface area contributed by atoms with Gasteiger partial charge in [-0.05, 0) is 17.5 Å². The van der Waals surface area contributed by atoms with Crippen molar-refractivity contribution in [3.05, 3.63) is 35.4 Å². The summed E-state index contributed by atoms with van der Waals surface area (Å²) in [6.45, 7) is 1.65. The molecule has 116 valence electrons. The maximum absolute atomic E-state index is 11.4. The Balaban J connectivity index is 2.74. The number of aliphatic hydroxyl groups excluding tert-OH is 2. The van der Waals surface area contributed by atoms with E-state index in [9.17, 15) is 19.8 Å². The lowest BCUT2D eigenvalue weighted by atomic mass is 9.95. The molecule has 0 aliphatic heterocycles. The van der Waals surface area contributed by atoms with Crippen molar-refractivity contribution in [2.24, 2.45) is 0 Å². The zero-order chi connectivity index (χ0) is 15.8. The molecule has 0 fully saturated rings. The lowest BCUT2D eigenvalue weighted by Crippen LogP contribution is -2.28. The first-order chi connectivity index (χ1) is 9.95. The molecule has 0 radical (unpaired) electrons. The summed E-state index contributed by atoms with van der Waals surface area (Å²) in [5, 5.41) is 22.7. The molecular weight excluding hydrogens is 274 g/mol. The fourth-order valence-corrected chi connectivity index (χ4v) is 1.97. The van der Waals surface area contributed by atoms with Gasteiger partial charge in [-0.3, -0.25) is 9.59 Å². The summed E-state index contributed by atoms with van der Waals surface area (Å²) in [5.41, 5.74) is 1.09. The monoisotopic (exact) mass is 295 g/mol. The highest BCUT2D eigenvalue weighted by Crippen LogP contribution is 2.23. The first-order valence-corrected chi connectivity index (χ1v) is 6.71. The van der Waals surface area contributed by atoms with Crippen LogP contribution >= 0.6 is 0 Å². The highest BCUT2D eigenvalue weighted by Gasteiger charge is 2.21. The molecular formula is C15H21NO5. The van der Waals surface area contributed by atoms with Crippen LogP contribution in [0.25, 0.3) is 0 Å². The number of aliphatic hydroxyl groups is 2. The zero-order valence-electron chi connectivity index (χ0n) is 12.2. The highest BCUT2D eigenvalue weighted by molar-refractivity contribution is 5.73. The molecule has 0 spiro atoms. The van der Waals surface area contributed by atoms with E-state index in [1.807, 2.05) is 0 Å². The third kappa shape index (κ3) is 5.53. The predicted octanol–water partition coefficient (Wildman–Crippen LogP) is 0.323. The van der Waals surface area contributed by atoms with E-state index in [4.69, 9.17) is 0 Å². The normalized spacial score (nSPS) is 13.3. The van der Waals surface area contributed by atoms with Crippen molar-refractivity contribution < 1.29 is 24.5 Å². The average molecular weight is 295 g/mol. The first-order valence-electron chi connectivity index (χ1n) is 6.71. The van der Waals surface area contributed by atoms with Crippen molar-refractivity contribution in [3.63, 3.8) is 0 Å². The van der Waals surface area contributed by atoms with Crippen LogP contribution in [0.2, 0.25) is 0 Å². The second kappa shape index (κ2) is 8.39. The standard InChI is InChI=1S/C15H21NO5/c1-10(17)16-8-7-13(18)15(20)12-6-4-3-5-11(12)9-14(19)21-2/h3-6,13,15,18,20H,7-9H2,1-2H3,(H,16,17). The Kier molecular flexibility index (Phi) is 6.84. The molecule has 1 aromatic rings. The molecule has 6 heteroatoms. The molecule has 0 saturated carbocycles. The molecule has 0 heterocycles. The number of esters is 1. The van der Waals surface area contributed by atoms with Crippen LogP contribution in [0.3, 0.4) is 0 Å². The number of amides is 1. The zero-order valence-corrected chi connectivity index (χ0v) is 12.2. The molecule has 1 amide bonds. The third-order valence-corrected chi connectivity index (χ3v) is 3.11. The summed E-state index contributed by atoms with van der Waals surface area (Å²) in [6.07, 6.45) is -1.91. The van der Waals surface area contributed by atoms with E-state index in [1.54, 1.807) is 24.3 Å². The van der Waals surface area contributed by atoms with Gasteiger partial charge in [0.25, 0.3) is 0 Å². The van der Waals surface area contributed by atoms with E-state index < -0.39 is 18.2 Å². The number of hydrogen-bond donors (Lipinski definition) is 3. The summed E-state index contributed by atoms with van der Waals surface area (Å²) in [5.74, 6) is -0.606. The van der Waals surface area contributed by atoms with E-state index in [-0.39, 0.29) is 25.3 Å². The Morgan fingerprint density at radius 2 is 1.95 bits per heavy atom. The van der Waals surface area contributed by atoms with Crippen LogP contribution < -0.4 is 5.32 Å². The van der Waals surface area contributed by atoms with Crippen molar-refractivity contribution in [1.29, 1.82) is 0 Å². The molecule has 2 unspecified atom stereocenters. The SMILES string of the molecule is COC(=O)Cc1ccccc1C(O)C(O)CCNC(C)=O. The first kappa shape index (κ1) is 17.1. The number of nitrogens with one attached hydrogen (secondary N) is 1. The number of hydrogen-bond acceptors (Lipinski definition) is 5. The topological polar surface area (TPSA) is 95.9 Å². The van der Waals surface area contributed by atoms with Crippen molar-refractivity contribution in [2.75, 3.05) is 13.7 Å². The molecule has 6 nitrogen and oxygen atoms in total. The molecule has 0 aliphatic rings. The van der Waals surface area contributed by atoms with Gasteiger partial charge < -0.3 is 20.3 Å². The molecule has 1 aromatic carbocycles. The second-order valence-corrected chi connectivity index (χ2v) is 4.74. The van der Waals surface area contributed by atoms with Gasteiger partial charge in [-0.15, -0.1) is 0 Å². The van der Waals surface area contributed by atoms with Crippen molar-refractivity contribution in [1.82, 2.24) is 5.32 Å². The number of methoxy groups -OCH3 is 1. The Hall–Kier alpha value is -1.92. The van der Waals surface area contributed by atoms with Gasteiger partial charge in [0, 0.05) is 13.5 Å². The molecule has 0 bridgehead atoms. The van der Waals surface area contributed by atoms with Gasteiger partial charge in [0.15, 0.2) is 0 Å². The lowest BCUT2D eigenvalue weighted by Gasteiger charge is -2.20. The number of carbonyl (C=O) groups is 2. The quantitative estimate of drug-likeness (QED) is 0.630. The highest BCUT2D eigenvalue weighted by atomic mass is 16.5. The van der Waals surface area contributed by atoms with E-state index in [0.29, 0.717) is 11.1 Å². The van der Waals surface area contributed by atoms with Crippen molar-refractivity contribution in [3.8, 4) is 0 Å². The summed E-state index contributed by atoms with van der Waals surface area (Å²) in [4.78, 5) is 22.1. The van der Waals surface area contributed by atoms with Gasteiger partial charge in [-0.25, -0.2) is 0 Å². The Morgan fingerprint density at radius 3 is 2.57 bits per heavy atom. The summed E-state index contributed by atoms with van der Waals surface area (Å²) >= 11 is 0. The van der Waals surface area contributed by atoms with Crippen molar-refractivity contribution in [2.45, 2.75) is 32.0 Å². The molecule has 3 N–H and O–H groups in total. The Bertz CT molecular complexity index is 489. The molecule has 21 heavy (non-hydrogen) atoms. The van der Waals surface area contributed by atoms with Gasteiger partial charge in [-0.2, -0.15) is 0 Å². The maximum atomic E-state index is 11.4. The average Bonchev–Trinajstić information content (AvgIpc) is 2.46. The minimum Gasteiger partial charge on any atom is -0.469 e. The smallest absolute Gasteiger partial charge is 0.309 e. The van der Waals surface area contributed by atoms with E-state index in [2.05, 4.69) is 10.1 Å². The number of rotatable bonds is 7. The minimum atomic E-state index is -1.13. The van der Waals surface area contributed by atoms with E-state index in [1.165, 1.54) is 14.0 Å². The fourth-order valence-electron chi connectivity index (χ4n) is 1.97. The van der Waals surface area contributed by atoms with Crippen LogP contribution in [0.4, 0.5) is 0 Å². The van der Waals surface area contributed by atoms with Crippen LogP contribution in [0.15, 0.2) is 24.3 Å². The number of benzene rings is 1. The molecule has 0 aliphatic carbocycles. The molecule has 0 saturated heterocycles. The van der Waals surface area contributed by atoms with Gasteiger partial charge in [0.2, 0.25) is 5.91 Å². The Labute approximate surface area is 123 Å². The van der Waals surface area contributed by atoms with Gasteiger partial charge >= 0.3 is 5.97 Å². The second-order valence-electron chi connectivity index (χ2n) is 4.74. The number of ether oxygens (including phenoxy) is 1. The van der Waals surface area contributed by atoms with E-state index in [0.717, 1.165) is 0 Å². The van der Waals surface area contributed by atoms with Crippen LogP contribution in [-0.2, 0) is 20.7 Å². The summed E-state index contributed by atoms with van der Waals surface area (Å²) in [6, 6.07) is 6.83. The van der Waals surface area contributed by atoms with Gasteiger partial charge in [0.05, 0.1) is 19.6 Å². The third-order valence-electron chi connectivity index (χ3n) is 3.11. The van der Waals surface area contributed by atoms with Crippen LogP contribution in [0, 0.1) is 0 Å². The number of carbonyl (C=O) groups excluding carboxylic acids is 2. The molecule has 0 aromatic heterocycles. The van der Waals surface area contributed by atoms with Gasteiger partial charge in [0.1, 0.15) is 6.10 Å². The van der Waals surface area contributed by atoms with Crippen LogP contribution in [0.5, 0.6) is 0 Å². The Morgan fingerprint density at radius 1 is 1.29 bits per heavy atom. The van der Waals surface area contributed by atoms with Gasteiger partial charge in [-0.1, -0.05) is 24.3 Å². The molecule has 1 rings (SSSR count). The largest absolute Gasteiger partial charge is 0.469 e. The lowest BCUT2D eigenvalue weighted by molar-refractivity contribution is -0.139. The summed E-state index contributed by atoms with van der Waals surface area (Å²) < 4.78 is 4.61. The molecule has 2 atom stereocenters. The maximum Gasteiger partial charge on any atom is 0.309 e. The van der Waals surface area contributed by atoms with Crippen molar-refractivity contribution >= 4 is 11.9 Å². The fraction of sp³-hybridized carbons (Fsp3) is 0.467.